The second kappa shape index (κ2) is 10.5. The Hall–Kier alpha value is -2.45. The van der Waals surface area contributed by atoms with Crippen molar-refractivity contribution in [3.8, 4) is 23.7 Å². The summed E-state index contributed by atoms with van der Waals surface area (Å²) in [6.45, 7) is 2.41. The normalized spacial score (nSPS) is 9.25. The van der Waals surface area contributed by atoms with Crippen molar-refractivity contribution in [1.82, 2.24) is 5.32 Å². The molecule has 0 aliphatic rings. The molecule has 0 atom stereocenters. The van der Waals surface area contributed by atoms with Gasteiger partial charge < -0.3 is 5.32 Å². The number of amides is 1. The van der Waals surface area contributed by atoms with E-state index in [9.17, 15) is 4.79 Å². The largest absolute Gasteiger partial charge is 0.352 e. The van der Waals surface area contributed by atoms with Crippen LogP contribution in [0.1, 0.15) is 25.3 Å². The van der Waals surface area contributed by atoms with E-state index in [4.69, 9.17) is 0 Å². The summed E-state index contributed by atoms with van der Waals surface area (Å²) in [4.78, 5) is 11.5. The van der Waals surface area contributed by atoms with Crippen molar-refractivity contribution in [2.45, 2.75) is 26.2 Å². The van der Waals surface area contributed by atoms with Gasteiger partial charge in [0.2, 0.25) is 5.91 Å². The monoisotopic (exact) mass is 265 g/mol. The molecule has 0 fully saturated rings. The van der Waals surface area contributed by atoms with Crippen molar-refractivity contribution < 1.29 is 4.79 Å². The van der Waals surface area contributed by atoms with E-state index in [2.05, 4.69) is 41.1 Å². The summed E-state index contributed by atoms with van der Waals surface area (Å²) in [6, 6.07) is 10.1. The predicted molar refractivity (Wildman–Crippen MR) is 82.8 cm³/mol. The molecule has 102 valence electrons. The maximum Gasteiger partial charge on any atom is 0.243 e. The number of nitrogens with one attached hydrogen (secondary N) is 1. The molecule has 0 bridgehead atoms. The highest BCUT2D eigenvalue weighted by Crippen LogP contribution is 1.98. The second-order valence-corrected chi connectivity index (χ2v) is 4.14. The van der Waals surface area contributed by atoms with E-state index in [0.717, 1.165) is 19.3 Å². The van der Waals surface area contributed by atoms with E-state index in [0.29, 0.717) is 6.54 Å². The van der Waals surface area contributed by atoms with Crippen LogP contribution in [0.15, 0.2) is 42.5 Å². The Morgan fingerprint density at radius 2 is 2.05 bits per heavy atom. The minimum absolute atomic E-state index is 0.0535. The first-order chi connectivity index (χ1) is 9.83. The van der Waals surface area contributed by atoms with E-state index in [-0.39, 0.29) is 5.91 Å². The summed E-state index contributed by atoms with van der Waals surface area (Å²) in [5, 5.41) is 2.86. The van der Waals surface area contributed by atoms with E-state index in [1.54, 1.807) is 13.0 Å². The van der Waals surface area contributed by atoms with Gasteiger partial charge >= 0.3 is 0 Å². The zero-order chi connectivity index (χ0) is 14.5. The fourth-order valence-corrected chi connectivity index (χ4v) is 1.55. The van der Waals surface area contributed by atoms with Crippen LogP contribution in [0.2, 0.25) is 0 Å². The number of allylic oxidation sites excluding steroid dienone is 1. The van der Waals surface area contributed by atoms with Gasteiger partial charge in [-0.25, -0.2) is 0 Å². The highest BCUT2D eigenvalue weighted by atomic mass is 16.1. The molecule has 1 aromatic carbocycles. The van der Waals surface area contributed by atoms with Crippen LogP contribution in [-0.4, -0.2) is 12.5 Å². The van der Waals surface area contributed by atoms with Crippen molar-refractivity contribution >= 4 is 5.91 Å². The number of rotatable bonds is 6. The Labute approximate surface area is 121 Å². The summed E-state index contributed by atoms with van der Waals surface area (Å²) in [6.07, 6.45) is 5.75. The summed E-state index contributed by atoms with van der Waals surface area (Å²) >= 11 is 0. The lowest BCUT2D eigenvalue weighted by molar-refractivity contribution is -0.116. The SMILES string of the molecule is CC#CC#CCC/C=C\C(=O)NCCc1ccccc1. The van der Waals surface area contributed by atoms with Crippen LogP contribution < -0.4 is 5.32 Å². The van der Waals surface area contributed by atoms with Crippen LogP contribution in [0.25, 0.3) is 0 Å². The highest BCUT2D eigenvalue weighted by molar-refractivity contribution is 5.87. The Bertz CT molecular complexity index is 550. The van der Waals surface area contributed by atoms with Gasteiger partial charge in [-0.2, -0.15) is 0 Å². The van der Waals surface area contributed by atoms with Gasteiger partial charge in [0.05, 0.1) is 0 Å². The maximum absolute atomic E-state index is 11.5. The molecule has 0 heterocycles. The minimum Gasteiger partial charge on any atom is -0.352 e. The fourth-order valence-electron chi connectivity index (χ4n) is 1.55. The van der Waals surface area contributed by atoms with Crippen LogP contribution in [-0.2, 0) is 11.2 Å². The van der Waals surface area contributed by atoms with Gasteiger partial charge in [0.1, 0.15) is 0 Å². The summed E-state index contributed by atoms with van der Waals surface area (Å²) < 4.78 is 0. The lowest BCUT2D eigenvalue weighted by Crippen LogP contribution is -2.23. The van der Waals surface area contributed by atoms with Crippen molar-refractivity contribution in [2.75, 3.05) is 6.54 Å². The molecule has 0 spiro atoms. The summed E-state index contributed by atoms with van der Waals surface area (Å²) in [5.74, 6) is 11.0. The summed E-state index contributed by atoms with van der Waals surface area (Å²) in [7, 11) is 0. The molecule has 0 unspecified atom stereocenters. The van der Waals surface area contributed by atoms with Gasteiger partial charge in [-0.05, 0) is 43.2 Å². The molecule has 0 radical (unpaired) electrons. The average Bonchev–Trinajstić information content (AvgIpc) is 2.47. The molecule has 2 heteroatoms. The Morgan fingerprint density at radius 3 is 2.80 bits per heavy atom. The summed E-state index contributed by atoms with van der Waals surface area (Å²) in [5.41, 5.74) is 1.23. The molecule has 1 N–H and O–H groups in total. The molecule has 0 saturated heterocycles. The first-order valence-corrected chi connectivity index (χ1v) is 6.71. The lowest BCUT2D eigenvalue weighted by atomic mass is 10.1. The van der Waals surface area contributed by atoms with Gasteiger partial charge in [0.15, 0.2) is 0 Å². The fraction of sp³-hybridized carbons (Fsp3) is 0.278. The van der Waals surface area contributed by atoms with Gasteiger partial charge in [-0.3, -0.25) is 4.79 Å². The van der Waals surface area contributed by atoms with Crippen molar-refractivity contribution in [1.29, 1.82) is 0 Å². The number of carbonyl (C=O) groups excluding carboxylic acids is 1. The third kappa shape index (κ3) is 7.80. The predicted octanol–water partition coefficient (Wildman–Crippen LogP) is 2.71. The van der Waals surface area contributed by atoms with Crippen LogP contribution in [0.5, 0.6) is 0 Å². The van der Waals surface area contributed by atoms with Crippen LogP contribution in [0, 0.1) is 23.7 Å². The first kappa shape index (κ1) is 15.6. The molecule has 1 rings (SSSR count). The third-order valence-corrected chi connectivity index (χ3v) is 2.54. The molecule has 0 saturated carbocycles. The Balaban J connectivity index is 2.14. The first-order valence-electron chi connectivity index (χ1n) is 6.71. The van der Waals surface area contributed by atoms with Crippen LogP contribution in [0.3, 0.4) is 0 Å². The zero-order valence-electron chi connectivity index (χ0n) is 11.8. The number of carbonyl (C=O) groups is 1. The quantitative estimate of drug-likeness (QED) is 0.478. The molecule has 0 aromatic heterocycles. The van der Waals surface area contributed by atoms with Crippen molar-refractivity contribution in [3.05, 3.63) is 48.0 Å². The third-order valence-electron chi connectivity index (χ3n) is 2.54. The number of hydrogen-bond acceptors (Lipinski definition) is 1. The van der Waals surface area contributed by atoms with E-state index < -0.39 is 0 Å². The van der Waals surface area contributed by atoms with E-state index in [1.807, 2.05) is 24.3 Å². The zero-order valence-corrected chi connectivity index (χ0v) is 11.8. The lowest BCUT2D eigenvalue weighted by Gasteiger charge is -2.02. The Morgan fingerprint density at radius 1 is 1.25 bits per heavy atom. The van der Waals surface area contributed by atoms with E-state index in [1.165, 1.54) is 5.56 Å². The maximum atomic E-state index is 11.5. The van der Waals surface area contributed by atoms with Gasteiger partial charge in [-0.15, -0.1) is 0 Å². The molecular weight excluding hydrogens is 246 g/mol. The molecular formula is C18H19NO. The van der Waals surface area contributed by atoms with Crippen molar-refractivity contribution in [2.24, 2.45) is 0 Å². The van der Waals surface area contributed by atoms with Gasteiger partial charge in [-0.1, -0.05) is 48.2 Å². The minimum atomic E-state index is -0.0535. The topological polar surface area (TPSA) is 29.1 Å². The second-order valence-electron chi connectivity index (χ2n) is 4.14. The number of benzene rings is 1. The number of hydrogen-bond donors (Lipinski definition) is 1. The number of unbranched alkanes of at least 4 members (excludes halogenated alkanes) is 1. The molecule has 20 heavy (non-hydrogen) atoms. The van der Waals surface area contributed by atoms with Gasteiger partial charge in [0, 0.05) is 13.0 Å². The van der Waals surface area contributed by atoms with Crippen LogP contribution >= 0.6 is 0 Å². The smallest absolute Gasteiger partial charge is 0.243 e. The molecule has 1 aromatic rings. The van der Waals surface area contributed by atoms with Crippen molar-refractivity contribution in [3.63, 3.8) is 0 Å². The molecule has 2 nitrogen and oxygen atoms in total. The Kier molecular flexibility index (Phi) is 8.17. The standard InChI is InChI=1S/C18H19NO/c1-2-3-4-5-6-7-11-14-18(20)19-16-15-17-12-9-8-10-13-17/h8-14H,6-7,15-16H2,1H3,(H,19,20)/b14-11-. The molecule has 0 aliphatic carbocycles. The van der Waals surface area contributed by atoms with E-state index >= 15 is 0 Å². The molecule has 0 aliphatic heterocycles. The van der Waals surface area contributed by atoms with Gasteiger partial charge in [0.25, 0.3) is 0 Å². The highest BCUT2D eigenvalue weighted by Gasteiger charge is 1.95. The van der Waals surface area contributed by atoms with Crippen LogP contribution in [0.4, 0.5) is 0 Å². The molecule has 1 amide bonds. The average molecular weight is 265 g/mol.